The van der Waals surface area contributed by atoms with Gasteiger partial charge in [-0.1, -0.05) is 18.5 Å². The quantitative estimate of drug-likeness (QED) is 0.766. The number of rotatable bonds is 5. The largest absolute Gasteiger partial charge is 0.361 e. The number of aromatic nitrogens is 2. The molecule has 0 saturated heterocycles. The summed E-state index contributed by atoms with van der Waals surface area (Å²) in [5.74, 6) is 0.530. The number of anilines is 1. The molecule has 6 heteroatoms. The fourth-order valence-corrected chi connectivity index (χ4v) is 1.23. The van der Waals surface area contributed by atoms with Gasteiger partial charge in [-0.05, 0) is 13.3 Å². The Labute approximate surface area is 99.6 Å². The number of hydrogen-bond donors (Lipinski definition) is 2. The van der Waals surface area contributed by atoms with Crippen molar-refractivity contribution in [1.29, 1.82) is 0 Å². The molecular weight excluding hydrogens is 228 g/mol. The molecule has 5 nitrogen and oxygen atoms in total. The maximum atomic E-state index is 11.3. The van der Waals surface area contributed by atoms with E-state index in [2.05, 4.69) is 20.6 Å². The van der Waals surface area contributed by atoms with E-state index in [4.69, 9.17) is 11.6 Å². The van der Waals surface area contributed by atoms with Crippen LogP contribution in [-0.2, 0) is 4.79 Å². The summed E-state index contributed by atoms with van der Waals surface area (Å²) in [6.45, 7) is 4.68. The van der Waals surface area contributed by atoms with Gasteiger partial charge in [0, 0.05) is 12.1 Å². The maximum absolute atomic E-state index is 11.3. The highest BCUT2D eigenvalue weighted by atomic mass is 35.5. The highest BCUT2D eigenvalue weighted by Gasteiger charge is 2.06. The Morgan fingerprint density at radius 3 is 2.94 bits per heavy atom. The minimum absolute atomic E-state index is 0.0593. The minimum atomic E-state index is -0.0593. The highest BCUT2D eigenvalue weighted by Crippen LogP contribution is 2.17. The molecule has 0 aliphatic heterocycles. The first-order valence-electron chi connectivity index (χ1n) is 5.12. The van der Waals surface area contributed by atoms with Crippen molar-refractivity contribution in [3.63, 3.8) is 0 Å². The van der Waals surface area contributed by atoms with Crippen LogP contribution in [0.4, 0.5) is 5.82 Å². The zero-order valence-corrected chi connectivity index (χ0v) is 10.1. The monoisotopic (exact) mass is 242 g/mol. The van der Waals surface area contributed by atoms with E-state index in [0.717, 1.165) is 12.0 Å². The average Bonchev–Trinajstić information content (AvgIpc) is 2.28. The number of amides is 1. The second kappa shape index (κ2) is 6.27. The fourth-order valence-electron chi connectivity index (χ4n) is 1.10. The first-order valence-corrected chi connectivity index (χ1v) is 5.50. The Hall–Kier alpha value is -1.36. The molecule has 1 aromatic rings. The molecular formula is C10H15ClN4O. The first kappa shape index (κ1) is 12.7. The summed E-state index contributed by atoms with van der Waals surface area (Å²) in [6.07, 6.45) is 2.28. The van der Waals surface area contributed by atoms with Crippen LogP contribution in [0.5, 0.6) is 0 Å². The second-order valence-corrected chi connectivity index (χ2v) is 3.70. The van der Waals surface area contributed by atoms with E-state index in [1.54, 1.807) is 6.92 Å². The third-order valence-electron chi connectivity index (χ3n) is 2.01. The van der Waals surface area contributed by atoms with Gasteiger partial charge in [0.1, 0.15) is 17.3 Å². The van der Waals surface area contributed by atoms with Crippen LogP contribution in [0.2, 0.25) is 5.15 Å². The summed E-state index contributed by atoms with van der Waals surface area (Å²) in [4.78, 5) is 19.2. The molecule has 0 unspecified atom stereocenters. The van der Waals surface area contributed by atoms with E-state index in [1.807, 2.05) is 6.92 Å². The van der Waals surface area contributed by atoms with Gasteiger partial charge in [0.25, 0.3) is 0 Å². The van der Waals surface area contributed by atoms with Gasteiger partial charge in [-0.15, -0.1) is 0 Å². The fraction of sp³-hybridized carbons (Fsp3) is 0.500. The number of halogens is 1. The lowest BCUT2D eigenvalue weighted by Crippen LogP contribution is -2.30. The molecule has 0 bridgehead atoms. The zero-order chi connectivity index (χ0) is 12.0. The molecule has 2 N–H and O–H groups in total. The van der Waals surface area contributed by atoms with Crippen molar-refractivity contribution in [2.45, 2.75) is 20.3 Å². The normalized spacial score (nSPS) is 9.94. The van der Waals surface area contributed by atoms with Crippen molar-refractivity contribution < 1.29 is 4.79 Å². The van der Waals surface area contributed by atoms with Crippen LogP contribution in [0.3, 0.4) is 0 Å². The predicted molar refractivity (Wildman–Crippen MR) is 63.6 cm³/mol. The Morgan fingerprint density at radius 2 is 2.25 bits per heavy atom. The van der Waals surface area contributed by atoms with Crippen LogP contribution in [0.1, 0.15) is 18.9 Å². The Morgan fingerprint density at radius 1 is 1.50 bits per heavy atom. The van der Waals surface area contributed by atoms with Gasteiger partial charge in [-0.2, -0.15) is 0 Å². The van der Waals surface area contributed by atoms with Gasteiger partial charge in [0.05, 0.1) is 6.54 Å². The van der Waals surface area contributed by atoms with Crippen molar-refractivity contribution >= 4 is 23.3 Å². The van der Waals surface area contributed by atoms with Crippen LogP contribution < -0.4 is 10.6 Å². The van der Waals surface area contributed by atoms with Gasteiger partial charge in [-0.25, -0.2) is 9.97 Å². The lowest BCUT2D eigenvalue weighted by atomic mass is 10.3. The number of carbonyl (C=O) groups is 1. The molecule has 0 radical (unpaired) electrons. The van der Waals surface area contributed by atoms with Gasteiger partial charge >= 0.3 is 0 Å². The summed E-state index contributed by atoms with van der Waals surface area (Å²) in [5, 5.41) is 6.07. The summed E-state index contributed by atoms with van der Waals surface area (Å²) in [5.41, 5.74) is 0.743. The second-order valence-electron chi connectivity index (χ2n) is 3.34. The Kier molecular flexibility index (Phi) is 4.98. The van der Waals surface area contributed by atoms with Crippen LogP contribution in [0.25, 0.3) is 0 Å². The van der Waals surface area contributed by atoms with Crippen LogP contribution in [-0.4, -0.2) is 29.0 Å². The molecule has 1 rings (SSSR count). The third kappa shape index (κ3) is 3.66. The summed E-state index contributed by atoms with van der Waals surface area (Å²) >= 11 is 5.82. The lowest BCUT2D eigenvalue weighted by Gasteiger charge is -2.08. The van der Waals surface area contributed by atoms with Gasteiger partial charge in [-0.3, -0.25) is 4.79 Å². The number of hydrogen-bond acceptors (Lipinski definition) is 4. The van der Waals surface area contributed by atoms with Crippen molar-refractivity contribution in [2.24, 2.45) is 0 Å². The standard InChI is InChI=1S/C10H15ClN4O/c1-3-4-12-8(16)5-13-10-7(2)9(11)14-6-15-10/h6H,3-5H2,1-2H3,(H,12,16)(H,13,14,15). The van der Waals surface area contributed by atoms with Crippen molar-refractivity contribution in [2.75, 3.05) is 18.4 Å². The van der Waals surface area contributed by atoms with E-state index < -0.39 is 0 Å². The molecule has 1 aromatic heterocycles. The maximum Gasteiger partial charge on any atom is 0.239 e. The number of nitrogens with zero attached hydrogens (tertiary/aromatic N) is 2. The lowest BCUT2D eigenvalue weighted by molar-refractivity contribution is -0.119. The van der Waals surface area contributed by atoms with Crippen molar-refractivity contribution in [1.82, 2.24) is 15.3 Å². The number of nitrogens with one attached hydrogen (secondary N) is 2. The molecule has 0 atom stereocenters. The summed E-state index contributed by atoms with van der Waals surface area (Å²) in [6, 6.07) is 0. The van der Waals surface area contributed by atoms with Gasteiger partial charge in [0.15, 0.2) is 0 Å². The molecule has 0 aliphatic carbocycles. The molecule has 88 valence electrons. The van der Waals surface area contributed by atoms with E-state index >= 15 is 0 Å². The first-order chi connectivity index (χ1) is 7.65. The van der Waals surface area contributed by atoms with E-state index in [9.17, 15) is 4.79 Å². The van der Waals surface area contributed by atoms with E-state index in [0.29, 0.717) is 17.5 Å². The summed E-state index contributed by atoms with van der Waals surface area (Å²) in [7, 11) is 0. The molecule has 1 amide bonds. The van der Waals surface area contributed by atoms with Crippen molar-refractivity contribution in [3.05, 3.63) is 17.0 Å². The highest BCUT2D eigenvalue weighted by molar-refractivity contribution is 6.30. The molecule has 0 aromatic carbocycles. The van der Waals surface area contributed by atoms with E-state index in [1.165, 1.54) is 6.33 Å². The summed E-state index contributed by atoms with van der Waals surface area (Å²) < 4.78 is 0. The van der Waals surface area contributed by atoms with E-state index in [-0.39, 0.29) is 12.5 Å². The Bertz CT molecular complexity index is 370. The topological polar surface area (TPSA) is 66.9 Å². The van der Waals surface area contributed by atoms with Crippen molar-refractivity contribution in [3.8, 4) is 0 Å². The zero-order valence-electron chi connectivity index (χ0n) is 9.38. The molecule has 1 heterocycles. The third-order valence-corrected chi connectivity index (χ3v) is 2.39. The molecule has 0 fully saturated rings. The van der Waals surface area contributed by atoms with Crippen LogP contribution in [0.15, 0.2) is 6.33 Å². The molecule has 16 heavy (non-hydrogen) atoms. The SMILES string of the molecule is CCCNC(=O)CNc1ncnc(Cl)c1C. The average molecular weight is 243 g/mol. The molecule has 0 aliphatic rings. The predicted octanol–water partition coefficient (Wildman–Crippen LogP) is 1.38. The molecule has 0 saturated carbocycles. The smallest absolute Gasteiger partial charge is 0.239 e. The van der Waals surface area contributed by atoms with Gasteiger partial charge < -0.3 is 10.6 Å². The minimum Gasteiger partial charge on any atom is -0.361 e. The number of carbonyl (C=O) groups excluding carboxylic acids is 1. The van der Waals surface area contributed by atoms with Gasteiger partial charge in [0.2, 0.25) is 5.91 Å². The molecule has 0 spiro atoms. The Balaban J connectivity index is 2.48. The van der Waals surface area contributed by atoms with Crippen LogP contribution in [0, 0.1) is 6.92 Å². The van der Waals surface area contributed by atoms with Crippen LogP contribution >= 0.6 is 11.6 Å².